The van der Waals surface area contributed by atoms with Crippen molar-refractivity contribution in [2.75, 3.05) is 14.1 Å². The van der Waals surface area contributed by atoms with Crippen LogP contribution in [0.1, 0.15) is 12.5 Å². The van der Waals surface area contributed by atoms with Gasteiger partial charge >= 0.3 is 0 Å². The molecule has 60 valence electrons. The SMILES string of the molecule is CCc1ccc([NH+](C)C)cc1. The molecule has 0 saturated heterocycles. The Morgan fingerprint density at radius 3 is 2.00 bits per heavy atom. The summed E-state index contributed by atoms with van der Waals surface area (Å²) in [6, 6.07) is 8.77. The van der Waals surface area contributed by atoms with E-state index in [0.717, 1.165) is 6.42 Å². The highest BCUT2D eigenvalue weighted by Crippen LogP contribution is 2.04. The number of aryl methyl sites for hydroxylation is 1. The predicted octanol–water partition coefficient (Wildman–Crippen LogP) is 1.02. The summed E-state index contributed by atoms with van der Waals surface area (Å²) in [5, 5.41) is 0. The van der Waals surface area contributed by atoms with Gasteiger partial charge in [0.1, 0.15) is 5.69 Å². The quantitative estimate of drug-likeness (QED) is 0.642. The zero-order chi connectivity index (χ0) is 8.27. The van der Waals surface area contributed by atoms with Crippen LogP contribution in [0.15, 0.2) is 24.3 Å². The molecule has 1 rings (SSSR count). The van der Waals surface area contributed by atoms with E-state index in [1.807, 2.05) is 0 Å². The lowest BCUT2D eigenvalue weighted by molar-refractivity contribution is -0.786. The third-order valence-electron chi connectivity index (χ3n) is 1.94. The molecule has 1 N–H and O–H groups in total. The molecule has 0 aliphatic heterocycles. The molecule has 0 atom stereocenters. The number of nitrogens with one attached hydrogen (secondary N) is 1. The molecular formula is C10H16N+. The molecule has 0 spiro atoms. The first-order valence-electron chi connectivity index (χ1n) is 4.13. The molecule has 0 aliphatic carbocycles. The Balaban J connectivity index is 2.83. The van der Waals surface area contributed by atoms with E-state index < -0.39 is 0 Å². The van der Waals surface area contributed by atoms with Crippen molar-refractivity contribution < 1.29 is 4.90 Å². The molecule has 0 bridgehead atoms. The fourth-order valence-electron chi connectivity index (χ4n) is 1.07. The largest absolute Gasteiger partial charge is 0.307 e. The van der Waals surface area contributed by atoms with Gasteiger partial charge in [-0.3, -0.25) is 0 Å². The normalized spacial score (nSPS) is 10.5. The van der Waals surface area contributed by atoms with Crippen LogP contribution in [0.25, 0.3) is 0 Å². The minimum absolute atomic E-state index is 1.13. The lowest BCUT2D eigenvalue weighted by atomic mass is 10.1. The van der Waals surface area contributed by atoms with Crippen LogP contribution in [0.3, 0.4) is 0 Å². The van der Waals surface area contributed by atoms with Gasteiger partial charge in [-0.25, -0.2) is 0 Å². The van der Waals surface area contributed by atoms with Crippen molar-refractivity contribution in [2.45, 2.75) is 13.3 Å². The average Bonchev–Trinajstić information content (AvgIpc) is 2.05. The van der Waals surface area contributed by atoms with Gasteiger partial charge in [0.15, 0.2) is 0 Å². The predicted molar refractivity (Wildman–Crippen MR) is 48.3 cm³/mol. The molecule has 0 aliphatic rings. The second-order valence-electron chi connectivity index (χ2n) is 3.05. The molecular weight excluding hydrogens is 134 g/mol. The second kappa shape index (κ2) is 3.54. The molecule has 1 nitrogen and oxygen atoms in total. The van der Waals surface area contributed by atoms with Crippen LogP contribution in [0.2, 0.25) is 0 Å². The van der Waals surface area contributed by atoms with Crippen LogP contribution in [-0.4, -0.2) is 14.1 Å². The Morgan fingerprint density at radius 1 is 1.09 bits per heavy atom. The number of benzene rings is 1. The second-order valence-corrected chi connectivity index (χ2v) is 3.05. The highest BCUT2D eigenvalue weighted by molar-refractivity contribution is 5.32. The van der Waals surface area contributed by atoms with E-state index in [2.05, 4.69) is 45.3 Å². The van der Waals surface area contributed by atoms with Crippen LogP contribution < -0.4 is 4.90 Å². The maximum Gasteiger partial charge on any atom is 0.130 e. The van der Waals surface area contributed by atoms with Gasteiger partial charge in [-0.1, -0.05) is 19.1 Å². The number of quaternary nitrogens is 1. The molecule has 1 aromatic carbocycles. The maximum absolute atomic E-state index is 2.20. The summed E-state index contributed by atoms with van der Waals surface area (Å²) in [5.74, 6) is 0. The van der Waals surface area contributed by atoms with Crippen LogP contribution in [0.4, 0.5) is 5.69 Å². The first kappa shape index (κ1) is 8.28. The van der Waals surface area contributed by atoms with Gasteiger partial charge in [-0.15, -0.1) is 0 Å². The van der Waals surface area contributed by atoms with E-state index in [4.69, 9.17) is 0 Å². The van der Waals surface area contributed by atoms with Crippen LogP contribution in [0.5, 0.6) is 0 Å². The Labute approximate surface area is 68.7 Å². The summed E-state index contributed by atoms with van der Waals surface area (Å²) in [4.78, 5) is 1.38. The molecule has 1 heteroatoms. The first-order chi connectivity index (χ1) is 5.24. The number of hydrogen-bond donors (Lipinski definition) is 1. The Bertz CT molecular complexity index is 211. The van der Waals surface area contributed by atoms with Crippen molar-refractivity contribution in [3.8, 4) is 0 Å². The maximum atomic E-state index is 2.20. The molecule has 0 unspecified atom stereocenters. The van der Waals surface area contributed by atoms with E-state index in [-0.39, 0.29) is 0 Å². The zero-order valence-corrected chi connectivity index (χ0v) is 7.52. The molecule has 11 heavy (non-hydrogen) atoms. The smallest absolute Gasteiger partial charge is 0.130 e. The summed E-state index contributed by atoms with van der Waals surface area (Å²) in [6.45, 7) is 2.18. The van der Waals surface area contributed by atoms with Crippen molar-refractivity contribution in [3.05, 3.63) is 29.8 Å². The fourth-order valence-corrected chi connectivity index (χ4v) is 1.07. The first-order valence-corrected chi connectivity index (χ1v) is 4.13. The number of hydrogen-bond acceptors (Lipinski definition) is 0. The summed E-state index contributed by atoms with van der Waals surface area (Å²) >= 11 is 0. The number of rotatable bonds is 2. The van der Waals surface area contributed by atoms with Crippen molar-refractivity contribution in [3.63, 3.8) is 0 Å². The van der Waals surface area contributed by atoms with Crippen LogP contribution >= 0.6 is 0 Å². The molecule has 0 heterocycles. The van der Waals surface area contributed by atoms with Crippen molar-refractivity contribution >= 4 is 5.69 Å². The van der Waals surface area contributed by atoms with Crippen molar-refractivity contribution in [2.24, 2.45) is 0 Å². The Hall–Kier alpha value is -0.820. The minimum Gasteiger partial charge on any atom is -0.307 e. The zero-order valence-electron chi connectivity index (χ0n) is 7.52. The van der Waals surface area contributed by atoms with Gasteiger partial charge < -0.3 is 4.90 Å². The average molecular weight is 150 g/mol. The monoisotopic (exact) mass is 150 g/mol. The van der Waals surface area contributed by atoms with Crippen molar-refractivity contribution in [1.29, 1.82) is 0 Å². The molecule has 1 aromatic rings. The van der Waals surface area contributed by atoms with Gasteiger partial charge in [0.25, 0.3) is 0 Å². The summed E-state index contributed by atoms with van der Waals surface area (Å²) in [5.41, 5.74) is 2.76. The lowest BCUT2D eigenvalue weighted by Crippen LogP contribution is -3.00. The minimum atomic E-state index is 1.13. The van der Waals surface area contributed by atoms with E-state index in [1.54, 1.807) is 0 Å². The molecule has 0 radical (unpaired) electrons. The van der Waals surface area contributed by atoms with Gasteiger partial charge in [0.2, 0.25) is 0 Å². The highest BCUT2D eigenvalue weighted by Gasteiger charge is 1.97. The molecule has 0 fully saturated rings. The summed E-state index contributed by atoms with van der Waals surface area (Å²) < 4.78 is 0. The standard InChI is InChI=1S/C10H15N/c1-4-9-5-7-10(8-6-9)11(2)3/h5-8H,4H2,1-3H3/p+1. The van der Waals surface area contributed by atoms with Gasteiger partial charge in [0.05, 0.1) is 14.1 Å². The van der Waals surface area contributed by atoms with Gasteiger partial charge in [-0.2, -0.15) is 0 Å². The van der Waals surface area contributed by atoms with E-state index in [9.17, 15) is 0 Å². The lowest BCUT2D eigenvalue weighted by Gasteiger charge is -2.06. The van der Waals surface area contributed by atoms with Gasteiger partial charge in [0, 0.05) is 0 Å². The van der Waals surface area contributed by atoms with Crippen LogP contribution in [0, 0.1) is 0 Å². The Kier molecular flexibility index (Phi) is 2.66. The van der Waals surface area contributed by atoms with E-state index in [1.165, 1.54) is 16.2 Å². The third kappa shape index (κ3) is 2.05. The Morgan fingerprint density at radius 2 is 1.64 bits per heavy atom. The summed E-state index contributed by atoms with van der Waals surface area (Å²) in [6.07, 6.45) is 1.13. The van der Waals surface area contributed by atoms with Gasteiger partial charge in [-0.05, 0) is 24.1 Å². The molecule has 0 amide bonds. The third-order valence-corrected chi connectivity index (χ3v) is 1.94. The highest BCUT2D eigenvalue weighted by atomic mass is 15.1. The molecule has 0 saturated carbocycles. The topological polar surface area (TPSA) is 4.44 Å². The fraction of sp³-hybridized carbons (Fsp3) is 0.400. The summed E-state index contributed by atoms with van der Waals surface area (Å²) in [7, 11) is 4.28. The van der Waals surface area contributed by atoms with Crippen molar-refractivity contribution in [1.82, 2.24) is 0 Å². The van der Waals surface area contributed by atoms with E-state index >= 15 is 0 Å². The van der Waals surface area contributed by atoms with Crippen LogP contribution in [-0.2, 0) is 6.42 Å². The van der Waals surface area contributed by atoms with E-state index in [0.29, 0.717) is 0 Å². The molecule has 0 aromatic heterocycles.